The van der Waals surface area contributed by atoms with Crippen LogP contribution in [-0.2, 0) is 14.8 Å². The van der Waals surface area contributed by atoms with Crippen molar-refractivity contribution in [1.82, 2.24) is 4.31 Å². The summed E-state index contributed by atoms with van der Waals surface area (Å²) in [5, 5.41) is 2.55. The van der Waals surface area contributed by atoms with Gasteiger partial charge in [-0.05, 0) is 61.7 Å². The molecule has 1 amide bonds. The molecular formula is C19H20F2N2O3S. The summed E-state index contributed by atoms with van der Waals surface area (Å²) in [6.07, 6.45) is 1.02. The molecule has 0 aliphatic carbocycles. The van der Waals surface area contributed by atoms with Crippen LogP contribution >= 0.6 is 0 Å². The van der Waals surface area contributed by atoms with Crippen molar-refractivity contribution in [3.05, 3.63) is 59.7 Å². The molecule has 27 heavy (non-hydrogen) atoms. The van der Waals surface area contributed by atoms with Crippen LogP contribution in [0.4, 0.5) is 14.5 Å². The number of sulfonamides is 1. The Morgan fingerprint density at radius 2 is 1.85 bits per heavy atom. The van der Waals surface area contributed by atoms with E-state index in [-0.39, 0.29) is 23.7 Å². The van der Waals surface area contributed by atoms with Crippen molar-refractivity contribution in [2.45, 2.75) is 24.7 Å². The van der Waals surface area contributed by atoms with Crippen LogP contribution < -0.4 is 5.32 Å². The molecule has 1 aliphatic rings. The van der Waals surface area contributed by atoms with Gasteiger partial charge in [0.15, 0.2) is 0 Å². The van der Waals surface area contributed by atoms with Gasteiger partial charge in [0.05, 0.1) is 16.5 Å². The minimum Gasteiger partial charge on any atom is -0.323 e. The number of benzene rings is 2. The zero-order valence-electron chi connectivity index (χ0n) is 14.8. The van der Waals surface area contributed by atoms with Gasteiger partial charge in [0.1, 0.15) is 11.6 Å². The molecule has 1 N–H and O–H groups in total. The Balaban J connectivity index is 1.74. The summed E-state index contributed by atoms with van der Waals surface area (Å²) in [6.45, 7) is 2.06. The number of rotatable bonds is 4. The molecule has 2 aromatic carbocycles. The first-order valence-electron chi connectivity index (χ1n) is 8.60. The summed E-state index contributed by atoms with van der Waals surface area (Å²) in [7, 11) is -3.82. The van der Waals surface area contributed by atoms with Gasteiger partial charge in [-0.2, -0.15) is 4.31 Å². The smallest absolute Gasteiger partial charge is 0.243 e. The van der Waals surface area contributed by atoms with Crippen molar-refractivity contribution in [3.8, 4) is 0 Å². The standard InChI is InChI=1S/C19H20F2N2O3S/c1-13-4-9-17(21)18(11-13)22-19(24)14-3-2-10-23(12-14)27(25,26)16-7-5-15(20)6-8-16/h4-9,11,14H,2-3,10,12H2,1H3,(H,22,24)/t14-/m1/s1. The first-order chi connectivity index (χ1) is 12.8. The Labute approximate surface area is 157 Å². The number of carbonyl (C=O) groups is 1. The minimum atomic E-state index is -3.82. The fraction of sp³-hybridized carbons (Fsp3) is 0.316. The van der Waals surface area contributed by atoms with Gasteiger partial charge in [-0.1, -0.05) is 6.07 Å². The maximum absolute atomic E-state index is 13.9. The van der Waals surface area contributed by atoms with Crippen LogP contribution in [0.1, 0.15) is 18.4 Å². The van der Waals surface area contributed by atoms with E-state index >= 15 is 0 Å². The van der Waals surface area contributed by atoms with Crippen LogP contribution in [-0.4, -0.2) is 31.7 Å². The van der Waals surface area contributed by atoms with Crippen LogP contribution in [0.2, 0.25) is 0 Å². The number of anilines is 1. The van der Waals surface area contributed by atoms with E-state index in [1.807, 2.05) is 0 Å². The number of hydrogen-bond acceptors (Lipinski definition) is 3. The molecule has 0 radical (unpaired) electrons. The van der Waals surface area contributed by atoms with Crippen molar-refractivity contribution in [2.75, 3.05) is 18.4 Å². The molecule has 0 bridgehead atoms. The number of amides is 1. The topological polar surface area (TPSA) is 66.5 Å². The third-order valence-electron chi connectivity index (χ3n) is 4.59. The highest BCUT2D eigenvalue weighted by atomic mass is 32.2. The van der Waals surface area contributed by atoms with Crippen molar-refractivity contribution < 1.29 is 22.0 Å². The maximum Gasteiger partial charge on any atom is 0.243 e. The molecule has 0 aromatic heterocycles. The van der Waals surface area contributed by atoms with E-state index in [1.54, 1.807) is 13.0 Å². The summed E-state index contributed by atoms with van der Waals surface area (Å²) in [6, 6.07) is 8.98. The molecule has 1 aliphatic heterocycles. The SMILES string of the molecule is Cc1ccc(F)c(NC(=O)[C@@H]2CCCN(S(=O)(=O)c3ccc(F)cc3)C2)c1. The fourth-order valence-electron chi connectivity index (χ4n) is 3.10. The van der Waals surface area contributed by atoms with Crippen LogP contribution in [0.3, 0.4) is 0 Å². The molecule has 1 heterocycles. The van der Waals surface area contributed by atoms with Gasteiger partial charge >= 0.3 is 0 Å². The number of piperidine rings is 1. The van der Waals surface area contributed by atoms with Gasteiger partial charge in [0.25, 0.3) is 0 Å². The van der Waals surface area contributed by atoms with Gasteiger partial charge in [-0.25, -0.2) is 17.2 Å². The van der Waals surface area contributed by atoms with E-state index in [0.29, 0.717) is 12.8 Å². The zero-order valence-corrected chi connectivity index (χ0v) is 15.6. The van der Waals surface area contributed by atoms with Crippen molar-refractivity contribution in [3.63, 3.8) is 0 Å². The Morgan fingerprint density at radius 3 is 2.56 bits per heavy atom. The summed E-state index contributed by atoms with van der Waals surface area (Å²) in [5.41, 5.74) is 0.884. The first-order valence-corrected chi connectivity index (χ1v) is 10.0. The van der Waals surface area contributed by atoms with Gasteiger partial charge in [-0.15, -0.1) is 0 Å². The molecule has 1 atom stereocenters. The predicted molar refractivity (Wildman–Crippen MR) is 97.6 cm³/mol. The Kier molecular flexibility index (Phi) is 5.57. The highest BCUT2D eigenvalue weighted by Crippen LogP contribution is 2.25. The van der Waals surface area contributed by atoms with Gasteiger partial charge in [-0.3, -0.25) is 4.79 Å². The molecule has 0 saturated carbocycles. The van der Waals surface area contributed by atoms with Crippen molar-refractivity contribution >= 4 is 21.6 Å². The maximum atomic E-state index is 13.9. The molecule has 1 saturated heterocycles. The lowest BCUT2D eigenvalue weighted by molar-refractivity contribution is -0.120. The molecule has 2 aromatic rings. The van der Waals surface area contributed by atoms with E-state index in [1.165, 1.54) is 28.6 Å². The van der Waals surface area contributed by atoms with Crippen LogP contribution in [0.25, 0.3) is 0 Å². The summed E-state index contributed by atoms with van der Waals surface area (Å²) < 4.78 is 53.6. The van der Waals surface area contributed by atoms with Gasteiger partial charge < -0.3 is 5.32 Å². The highest BCUT2D eigenvalue weighted by molar-refractivity contribution is 7.89. The molecule has 144 valence electrons. The third kappa shape index (κ3) is 4.33. The fourth-order valence-corrected chi connectivity index (χ4v) is 4.62. The highest BCUT2D eigenvalue weighted by Gasteiger charge is 2.33. The van der Waals surface area contributed by atoms with E-state index in [4.69, 9.17) is 0 Å². The zero-order chi connectivity index (χ0) is 19.6. The number of aryl methyl sites for hydroxylation is 1. The second kappa shape index (κ2) is 7.74. The van der Waals surface area contributed by atoms with Crippen molar-refractivity contribution in [1.29, 1.82) is 0 Å². The van der Waals surface area contributed by atoms with E-state index in [9.17, 15) is 22.0 Å². The van der Waals surface area contributed by atoms with E-state index < -0.39 is 33.5 Å². The lowest BCUT2D eigenvalue weighted by Gasteiger charge is -2.31. The third-order valence-corrected chi connectivity index (χ3v) is 6.47. The lowest BCUT2D eigenvalue weighted by atomic mass is 9.98. The van der Waals surface area contributed by atoms with Gasteiger partial charge in [0, 0.05) is 13.1 Å². The second-order valence-electron chi connectivity index (χ2n) is 6.63. The number of halogens is 2. The summed E-state index contributed by atoms with van der Waals surface area (Å²) in [5.74, 6) is -2.07. The Hall–Kier alpha value is -2.32. The first kappa shape index (κ1) is 19.4. The summed E-state index contributed by atoms with van der Waals surface area (Å²) >= 11 is 0. The normalized spacial score (nSPS) is 18.3. The average molecular weight is 394 g/mol. The minimum absolute atomic E-state index is 0.00101. The van der Waals surface area contributed by atoms with E-state index in [0.717, 1.165) is 17.7 Å². The number of nitrogens with zero attached hydrogens (tertiary/aromatic N) is 1. The number of hydrogen-bond donors (Lipinski definition) is 1. The van der Waals surface area contributed by atoms with Gasteiger partial charge in [0.2, 0.25) is 15.9 Å². The molecular weight excluding hydrogens is 374 g/mol. The second-order valence-corrected chi connectivity index (χ2v) is 8.57. The monoisotopic (exact) mass is 394 g/mol. The summed E-state index contributed by atoms with van der Waals surface area (Å²) in [4.78, 5) is 12.5. The lowest BCUT2D eigenvalue weighted by Crippen LogP contribution is -2.43. The van der Waals surface area contributed by atoms with Crippen LogP contribution in [0.15, 0.2) is 47.4 Å². The molecule has 1 fully saturated rings. The quantitative estimate of drug-likeness (QED) is 0.865. The molecule has 0 unspecified atom stereocenters. The molecule has 5 nitrogen and oxygen atoms in total. The molecule has 8 heteroatoms. The average Bonchev–Trinajstić information content (AvgIpc) is 2.65. The largest absolute Gasteiger partial charge is 0.323 e. The molecule has 0 spiro atoms. The van der Waals surface area contributed by atoms with Crippen LogP contribution in [0.5, 0.6) is 0 Å². The Morgan fingerprint density at radius 1 is 1.15 bits per heavy atom. The van der Waals surface area contributed by atoms with Crippen molar-refractivity contribution in [2.24, 2.45) is 5.92 Å². The Bertz CT molecular complexity index is 946. The number of nitrogens with one attached hydrogen (secondary N) is 1. The van der Waals surface area contributed by atoms with E-state index in [2.05, 4.69) is 5.32 Å². The van der Waals surface area contributed by atoms with Crippen LogP contribution in [0, 0.1) is 24.5 Å². The predicted octanol–water partition coefficient (Wildman–Crippen LogP) is 3.31. The molecule has 3 rings (SSSR count). The number of carbonyl (C=O) groups excluding carboxylic acids is 1.